The maximum Gasteiger partial charge on any atom is 0.0186 e. The number of rotatable bonds is 6. The first-order valence-electron chi connectivity index (χ1n) is 7.76. The molecule has 0 aromatic carbocycles. The van der Waals surface area contributed by atoms with E-state index in [1.165, 1.54) is 32.1 Å². The minimum atomic E-state index is 0.544. The van der Waals surface area contributed by atoms with Crippen LogP contribution in [-0.2, 0) is 0 Å². The Labute approximate surface area is 115 Å². The molecule has 0 bridgehead atoms. The van der Waals surface area contributed by atoms with Gasteiger partial charge in [-0.15, -0.1) is 0 Å². The number of nitrogens with zero attached hydrogens (tertiary/aromatic N) is 1. The first-order chi connectivity index (χ1) is 8.36. The molecule has 0 spiro atoms. The fraction of sp³-hybridized carbons (Fsp3) is 1.00. The molecule has 108 valence electrons. The van der Waals surface area contributed by atoms with Gasteiger partial charge in [0.25, 0.3) is 0 Å². The van der Waals surface area contributed by atoms with Gasteiger partial charge in [0.1, 0.15) is 0 Å². The lowest BCUT2D eigenvalue weighted by molar-refractivity contribution is 0.135. The third-order valence-corrected chi connectivity index (χ3v) is 5.33. The third kappa shape index (κ3) is 4.55. The second-order valence-electron chi connectivity index (χ2n) is 7.11. The van der Waals surface area contributed by atoms with Crippen molar-refractivity contribution in [3.05, 3.63) is 0 Å². The van der Waals surface area contributed by atoms with Gasteiger partial charge in [0, 0.05) is 18.6 Å². The van der Waals surface area contributed by atoms with E-state index in [0.717, 1.165) is 18.5 Å². The van der Waals surface area contributed by atoms with Crippen molar-refractivity contribution < 1.29 is 0 Å². The standard InChI is InChI=1S/C16H34N2/c1-7-16(3,4)14-8-10-15(11-9-14)17-12-13(2)18(5)6/h13-15,17H,7-12H2,1-6H3. The minimum Gasteiger partial charge on any atom is -0.312 e. The molecule has 1 saturated carbocycles. The molecule has 2 nitrogen and oxygen atoms in total. The van der Waals surface area contributed by atoms with Crippen LogP contribution < -0.4 is 5.32 Å². The number of likely N-dealkylation sites (N-methyl/N-ethyl adjacent to an activating group) is 1. The molecule has 18 heavy (non-hydrogen) atoms. The predicted octanol–water partition coefficient (Wildman–Crippen LogP) is 3.52. The van der Waals surface area contributed by atoms with Crippen LogP contribution >= 0.6 is 0 Å². The molecule has 0 aliphatic heterocycles. The van der Waals surface area contributed by atoms with E-state index < -0.39 is 0 Å². The molecule has 0 aromatic heterocycles. The summed E-state index contributed by atoms with van der Waals surface area (Å²) in [6, 6.07) is 1.39. The number of hydrogen-bond acceptors (Lipinski definition) is 2. The molecule has 1 atom stereocenters. The molecule has 0 saturated heterocycles. The van der Waals surface area contributed by atoms with Crippen molar-refractivity contribution in [3.63, 3.8) is 0 Å². The summed E-state index contributed by atoms with van der Waals surface area (Å²) >= 11 is 0. The van der Waals surface area contributed by atoms with E-state index in [1.54, 1.807) is 0 Å². The van der Waals surface area contributed by atoms with Gasteiger partial charge in [0.15, 0.2) is 0 Å². The average Bonchev–Trinajstić information content (AvgIpc) is 2.36. The van der Waals surface area contributed by atoms with Crippen molar-refractivity contribution in [2.75, 3.05) is 20.6 Å². The zero-order chi connectivity index (χ0) is 13.8. The molecule has 1 aliphatic carbocycles. The van der Waals surface area contributed by atoms with E-state index in [4.69, 9.17) is 0 Å². The topological polar surface area (TPSA) is 15.3 Å². The van der Waals surface area contributed by atoms with E-state index in [2.05, 4.69) is 52.0 Å². The van der Waals surface area contributed by atoms with Crippen LogP contribution in [0.5, 0.6) is 0 Å². The van der Waals surface area contributed by atoms with E-state index in [0.29, 0.717) is 11.5 Å². The second kappa shape index (κ2) is 6.91. The highest BCUT2D eigenvalue weighted by atomic mass is 15.1. The highest BCUT2D eigenvalue weighted by Gasteiger charge is 2.31. The van der Waals surface area contributed by atoms with Crippen LogP contribution in [0.3, 0.4) is 0 Å². The molecule has 1 unspecified atom stereocenters. The summed E-state index contributed by atoms with van der Waals surface area (Å²) in [5.41, 5.74) is 0.544. The third-order valence-electron chi connectivity index (χ3n) is 5.33. The highest BCUT2D eigenvalue weighted by molar-refractivity contribution is 4.85. The summed E-state index contributed by atoms with van der Waals surface area (Å²) in [4.78, 5) is 2.29. The van der Waals surface area contributed by atoms with Gasteiger partial charge in [-0.2, -0.15) is 0 Å². The normalized spacial score (nSPS) is 27.5. The van der Waals surface area contributed by atoms with Crippen LogP contribution in [-0.4, -0.2) is 37.6 Å². The van der Waals surface area contributed by atoms with Crippen LogP contribution in [0, 0.1) is 11.3 Å². The fourth-order valence-corrected chi connectivity index (χ4v) is 2.89. The fourth-order valence-electron chi connectivity index (χ4n) is 2.89. The monoisotopic (exact) mass is 254 g/mol. The van der Waals surface area contributed by atoms with Gasteiger partial charge in [-0.25, -0.2) is 0 Å². The van der Waals surface area contributed by atoms with Crippen LogP contribution in [0.1, 0.15) is 59.8 Å². The number of hydrogen-bond donors (Lipinski definition) is 1. The van der Waals surface area contributed by atoms with Gasteiger partial charge in [0.05, 0.1) is 0 Å². The van der Waals surface area contributed by atoms with Crippen LogP contribution in [0.4, 0.5) is 0 Å². The molecule has 0 aromatic rings. The summed E-state index contributed by atoms with van der Waals surface area (Å²) in [6.45, 7) is 10.6. The van der Waals surface area contributed by atoms with Crippen molar-refractivity contribution in [2.24, 2.45) is 11.3 Å². The van der Waals surface area contributed by atoms with Crippen LogP contribution in [0.25, 0.3) is 0 Å². The smallest absolute Gasteiger partial charge is 0.0186 e. The molecule has 1 N–H and O–H groups in total. The van der Waals surface area contributed by atoms with E-state index >= 15 is 0 Å². The maximum atomic E-state index is 3.75. The second-order valence-corrected chi connectivity index (χ2v) is 7.11. The number of nitrogens with one attached hydrogen (secondary N) is 1. The lowest BCUT2D eigenvalue weighted by Gasteiger charge is -2.39. The van der Waals surface area contributed by atoms with Crippen molar-refractivity contribution in [1.82, 2.24) is 10.2 Å². The molecular weight excluding hydrogens is 220 g/mol. The molecule has 0 radical (unpaired) electrons. The molecule has 1 rings (SSSR count). The van der Waals surface area contributed by atoms with Gasteiger partial charge in [-0.3, -0.25) is 0 Å². The Kier molecular flexibility index (Phi) is 6.13. The van der Waals surface area contributed by atoms with Crippen molar-refractivity contribution in [1.29, 1.82) is 0 Å². The first-order valence-corrected chi connectivity index (χ1v) is 7.76. The van der Waals surface area contributed by atoms with E-state index in [9.17, 15) is 0 Å². The zero-order valence-corrected chi connectivity index (χ0v) is 13.4. The quantitative estimate of drug-likeness (QED) is 0.780. The van der Waals surface area contributed by atoms with E-state index in [1.807, 2.05) is 0 Å². The first kappa shape index (κ1) is 16.0. The predicted molar refractivity (Wildman–Crippen MR) is 81.0 cm³/mol. The van der Waals surface area contributed by atoms with Crippen LogP contribution in [0.2, 0.25) is 0 Å². The molecular formula is C16H34N2. The maximum absolute atomic E-state index is 3.75. The lowest BCUT2D eigenvalue weighted by Crippen LogP contribution is -2.42. The molecule has 0 amide bonds. The highest BCUT2D eigenvalue weighted by Crippen LogP contribution is 2.40. The Balaban J connectivity index is 2.27. The summed E-state index contributed by atoms with van der Waals surface area (Å²) in [5.74, 6) is 0.937. The van der Waals surface area contributed by atoms with Crippen molar-refractivity contribution in [3.8, 4) is 0 Å². The Hall–Kier alpha value is -0.0800. The molecule has 1 fully saturated rings. The Morgan fingerprint density at radius 3 is 2.17 bits per heavy atom. The summed E-state index contributed by atoms with van der Waals surface area (Å²) < 4.78 is 0. The minimum absolute atomic E-state index is 0.544. The lowest BCUT2D eigenvalue weighted by atomic mass is 9.69. The molecule has 1 aliphatic rings. The molecule has 2 heteroatoms. The average molecular weight is 254 g/mol. The Morgan fingerprint density at radius 2 is 1.72 bits per heavy atom. The van der Waals surface area contributed by atoms with Crippen LogP contribution in [0.15, 0.2) is 0 Å². The van der Waals surface area contributed by atoms with E-state index in [-0.39, 0.29) is 0 Å². The summed E-state index contributed by atoms with van der Waals surface area (Å²) in [6.07, 6.45) is 6.87. The van der Waals surface area contributed by atoms with Gasteiger partial charge < -0.3 is 10.2 Å². The Bertz CT molecular complexity index is 227. The van der Waals surface area contributed by atoms with Gasteiger partial charge in [-0.1, -0.05) is 27.2 Å². The van der Waals surface area contributed by atoms with Gasteiger partial charge >= 0.3 is 0 Å². The van der Waals surface area contributed by atoms with Gasteiger partial charge in [0.2, 0.25) is 0 Å². The largest absolute Gasteiger partial charge is 0.312 e. The zero-order valence-electron chi connectivity index (χ0n) is 13.4. The molecule has 0 heterocycles. The SMILES string of the molecule is CCC(C)(C)C1CCC(NCC(C)N(C)C)CC1. The summed E-state index contributed by atoms with van der Waals surface area (Å²) in [5, 5.41) is 3.75. The van der Waals surface area contributed by atoms with Crippen molar-refractivity contribution >= 4 is 0 Å². The van der Waals surface area contributed by atoms with Crippen molar-refractivity contribution in [2.45, 2.75) is 71.9 Å². The summed E-state index contributed by atoms with van der Waals surface area (Å²) in [7, 11) is 4.32. The Morgan fingerprint density at radius 1 is 1.17 bits per heavy atom. The van der Waals surface area contributed by atoms with Gasteiger partial charge in [-0.05, 0) is 58.0 Å².